The van der Waals surface area contributed by atoms with Crippen LogP contribution < -0.4 is 0 Å². The molecule has 2 nitrogen and oxygen atoms in total. The third kappa shape index (κ3) is 3.79. The number of allylic oxidation sites excluding steroid dienone is 5. The van der Waals surface area contributed by atoms with Gasteiger partial charge in [0.05, 0.1) is 5.57 Å². The standard InChI is InChI=1S/C24H21N2S/c1-26(2)22-13-14-25-17-21(22)20-15-23(18-9-5-3-6-10-18)27-24(16-20)19-11-7-4-8-12-19/h3-17H,1-2H3/q+1. The second-order valence-electron chi connectivity index (χ2n) is 6.59. The van der Waals surface area contributed by atoms with Crippen LogP contribution in [0.3, 0.4) is 0 Å². The molecule has 0 bridgehead atoms. The van der Waals surface area contributed by atoms with Crippen LogP contribution in [0.5, 0.6) is 0 Å². The molecular weight excluding hydrogens is 348 g/mol. The number of rotatable bonds is 2. The molecule has 2 aliphatic rings. The molecule has 0 aromatic heterocycles. The van der Waals surface area contributed by atoms with Gasteiger partial charge in [0.1, 0.15) is 14.1 Å². The largest absolute Gasteiger partial charge is 0.264 e. The zero-order chi connectivity index (χ0) is 18.6. The van der Waals surface area contributed by atoms with Gasteiger partial charge in [-0.1, -0.05) is 72.4 Å². The van der Waals surface area contributed by atoms with Crippen LogP contribution in [0, 0.1) is 0 Å². The summed E-state index contributed by atoms with van der Waals surface area (Å²) in [6.07, 6.45) is 10.4. The molecule has 27 heavy (non-hydrogen) atoms. The van der Waals surface area contributed by atoms with E-state index < -0.39 is 0 Å². The van der Waals surface area contributed by atoms with Crippen LogP contribution in [0.2, 0.25) is 0 Å². The fraction of sp³-hybridized carbons (Fsp3) is 0.0833. The lowest BCUT2D eigenvalue weighted by atomic mass is 9.99. The SMILES string of the molecule is C[N+](C)=C1C=CN=CC1=C1C=C(c2ccccc2)SC(c2ccccc2)=C1. The van der Waals surface area contributed by atoms with Crippen molar-refractivity contribution in [1.82, 2.24) is 0 Å². The molecule has 0 radical (unpaired) electrons. The first-order valence-corrected chi connectivity index (χ1v) is 9.75. The van der Waals surface area contributed by atoms with E-state index in [9.17, 15) is 0 Å². The van der Waals surface area contributed by atoms with Gasteiger partial charge in [-0.15, -0.1) is 0 Å². The molecule has 2 aliphatic heterocycles. The van der Waals surface area contributed by atoms with Crippen LogP contribution in [0.15, 0.2) is 101 Å². The third-order valence-corrected chi connectivity index (χ3v) is 5.65. The smallest absolute Gasteiger partial charge is 0.210 e. The number of aliphatic imine (C=N–C) groups is 1. The summed E-state index contributed by atoms with van der Waals surface area (Å²) in [7, 11) is 4.14. The van der Waals surface area contributed by atoms with Crippen molar-refractivity contribution in [3.05, 3.63) is 107 Å². The summed E-state index contributed by atoms with van der Waals surface area (Å²) in [6, 6.07) is 21.1. The second-order valence-corrected chi connectivity index (χ2v) is 7.68. The quantitative estimate of drug-likeness (QED) is 0.645. The molecule has 2 aromatic carbocycles. The van der Waals surface area contributed by atoms with Gasteiger partial charge in [0.25, 0.3) is 0 Å². The van der Waals surface area contributed by atoms with Gasteiger partial charge in [0.2, 0.25) is 5.71 Å². The van der Waals surface area contributed by atoms with Crippen molar-refractivity contribution in [2.75, 3.05) is 14.1 Å². The average molecular weight is 370 g/mol. The first-order valence-electron chi connectivity index (χ1n) is 8.93. The van der Waals surface area contributed by atoms with Gasteiger partial charge in [-0.3, -0.25) is 4.99 Å². The monoisotopic (exact) mass is 369 g/mol. The zero-order valence-corrected chi connectivity index (χ0v) is 16.3. The van der Waals surface area contributed by atoms with Gasteiger partial charge >= 0.3 is 0 Å². The Morgan fingerprint density at radius 3 is 1.85 bits per heavy atom. The Morgan fingerprint density at radius 2 is 1.33 bits per heavy atom. The minimum absolute atomic E-state index is 1.14. The predicted molar refractivity (Wildman–Crippen MR) is 118 cm³/mol. The highest BCUT2D eigenvalue weighted by molar-refractivity contribution is 8.16. The molecule has 0 aliphatic carbocycles. The normalized spacial score (nSPS) is 16.3. The van der Waals surface area contributed by atoms with Gasteiger partial charge in [0.15, 0.2) is 0 Å². The molecule has 3 heteroatoms. The molecule has 0 unspecified atom stereocenters. The fourth-order valence-corrected chi connectivity index (χ4v) is 4.26. The van der Waals surface area contributed by atoms with E-state index in [4.69, 9.17) is 0 Å². The molecule has 0 saturated heterocycles. The maximum atomic E-state index is 4.39. The lowest BCUT2D eigenvalue weighted by Gasteiger charge is -2.19. The minimum Gasteiger partial charge on any atom is -0.264 e. The Morgan fingerprint density at radius 1 is 0.778 bits per heavy atom. The highest BCUT2D eigenvalue weighted by Gasteiger charge is 2.21. The molecule has 4 rings (SSSR count). The van der Waals surface area contributed by atoms with E-state index in [2.05, 4.69) is 103 Å². The zero-order valence-electron chi connectivity index (χ0n) is 15.5. The van der Waals surface area contributed by atoms with Gasteiger partial charge in [-0.2, -0.15) is 0 Å². The lowest BCUT2D eigenvalue weighted by molar-refractivity contribution is -0.463. The summed E-state index contributed by atoms with van der Waals surface area (Å²) in [4.78, 5) is 6.89. The van der Waals surface area contributed by atoms with Crippen LogP contribution in [0.4, 0.5) is 0 Å². The van der Waals surface area contributed by atoms with Gasteiger partial charge in [-0.05, 0) is 28.9 Å². The van der Waals surface area contributed by atoms with Crippen LogP contribution in [0.1, 0.15) is 11.1 Å². The maximum Gasteiger partial charge on any atom is 0.210 e. The van der Waals surface area contributed by atoms with E-state index in [1.165, 1.54) is 32.2 Å². The van der Waals surface area contributed by atoms with Crippen molar-refractivity contribution < 1.29 is 4.58 Å². The summed E-state index contributed by atoms with van der Waals surface area (Å²) in [5.74, 6) is 0. The van der Waals surface area contributed by atoms with Crippen molar-refractivity contribution in [2.24, 2.45) is 4.99 Å². The van der Waals surface area contributed by atoms with Crippen molar-refractivity contribution in [2.45, 2.75) is 0 Å². The Labute approximate surface area is 164 Å². The first kappa shape index (κ1) is 17.5. The molecule has 2 aromatic rings. The molecule has 0 amide bonds. The number of nitrogens with zero attached hydrogens (tertiary/aromatic N) is 2. The minimum atomic E-state index is 1.14. The van der Waals surface area contributed by atoms with Crippen LogP contribution >= 0.6 is 11.8 Å². The van der Waals surface area contributed by atoms with Crippen molar-refractivity contribution >= 4 is 33.5 Å². The summed E-state index contributed by atoms with van der Waals surface area (Å²) in [5, 5.41) is 0. The highest BCUT2D eigenvalue weighted by atomic mass is 32.2. The molecular formula is C24H21N2S+. The van der Waals surface area contributed by atoms with Crippen molar-refractivity contribution in [1.29, 1.82) is 0 Å². The van der Waals surface area contributed by atoms with Crippen molar-refractivity contribution in [3.63, 3.8) is 0 Å². The summed E-state index contributed by atoms with van der Waals surface area (Å²) in [6.45, 7) is 0. The van der Waals surface area contributed by atoms with E-state index in [1.807, 2.05) is 24.2 Å². The molecule has 0 saturated carbocycles. The van der Waals surface area contributed by atoms with Gasteiger partial charge < -0.3 is 0 Å². The average Bonchev–Trinajstić information content (AvgIpc) is 2.74. The lowest BCUT2D eigenvalue weighted by Crippen LogP contribution is -2.17. The Balaban J connectivity index is 1.90. The Kier molecular flexibility index (Phi) is 5.03. The third-order valence-electron chi connectivity index (χ3n) is 4.50. The van der Waals surface area contributed by atoms with Crippen LogP contribution in [-0.4, -0.2) is 30.6 Å². The maximum absolute atomic E-state index is 4.39. The molecule has 0 fully saturated rings. The summed E-state index contributed by atoms with van der Waals surface area (Å²) < 4.78 is 2.14. The molecule has 0 atom stereocenters. The van der Waals surface area contributed by atoms with E-state index >= 15 is 0 Å². The van der Waals surface area contributed by atoms with Crippen LogP contribution in [-0.2, 0) is 0 Å². The molecule has 0 N–H and O–H groups in total. The van der Waals surface area contributed by atoms with E-state index in [-0.39, 0.29) is 0 Å². The van der Waals surface area contributed by atoms with Gasteiger partial charge in [-0.25, -0.2) is 4.58 Å². The van der Waals surface area contributed by atoms with Crippen molar-refractivity contribution in [3.8, 4) is 0 Å². The molecule has 2 heterocycles. The van der Waals surface area contributed by atoms with E-state index in [0.29, 0.717) is 0 Å². The molecule has 0 spiro atoms. The topological polar surface area (TPSA) is 15.4 Å². The van der Waals surface area contributed by atoms with Gasteiger partial charge in [0, 0.05) is 28.3 Å². The fourth-order valence-electron chi connectivity index (χ4n) is 3.15. The highest BCUT2D eigenvalue weighted by Crippen LogP contribution is 2.44. The number of benzene rings is 2. The van der Waals surface area contributed by atoms with E-state index in [1.54, 1.807) is 0 Å². The molecule has 132 valence electrons. The Hall–Kier alpha value is -2.91. The van der Waals surface area contributed by atoms with E-state index in [0.717, 1.165) is 5.57 Å². The number of hydrogen-bond acceptors (Lipinski definition) is 2. The van der Waals surface area contributed by atoms with Crippen LogP contribution in [0.25, 0.3) is 9.81 Å². The number of hydrogen-bond donors (Lipinski definition) is 0. The summed E-state index contributed by atoms with van der Waals surface area (Å²) >= 11 is 1.82. The second kappa shape index (κ2) is 7.77. The summed E-state index contributed by atoms with van der Waals surface area (Å²) in [5.41, 5.74) is 5.96. The Bertz CT molecular complexity index is 975. The predicted octanol–water partition coefficient (Wildman–Crippen LogP) is 5.42. The number of thioether (sulfide) groups is 1. The first-order chi connectivity index (χ1) is 13.2.